The van der Waals surface area contributed by atoms with Gasteiger partial charge in [-0.15, -0.1) is 0 Å². The van der Waals surface area contributed by atoms with Crippen LogP contribution in [-0.4, -0.2) is 23.1 Å². The molecule has 5 heteroatoms. The molecular weight excluding hydrogens is 296 g/mol. The minimum Gasteiger partial charge on any atom is -0.367 e. The van der Waals surface area contributed by atoms with Gasteiger partial charge in [0.15, 0.2) is 11.6 Å². The molecule has 0 spiro atoms. The Morgan fingerprint density at radius 3 is 2.23 bits per heavy atom. The zero-order valence-corrected chi connectivity index (χ0v) is 13.6. The number of hydrogen-bond acceptors (Lipinski definition) is 4. The predicted molar refractivity (Wildman–Crippen MR) is 92.5 cm³/mol. The first-order chi connectivity index (χ1) is 10.7. The third-order valence-electron chi connectivity index (χ3n) is 3.43. The van der Waals surface area contributed by atoms with E-state index < -0.39 is 0 Å². The van der Waals surface area contributed by atoms with Crippen molar-refractivity contribution in [3.63, 3.8) is 0 Å². The van der Waals surface area contributed by atoms with E-state index in [-0.39, 0.29) is 0 Å². The molecule has 0 amide bonds. The SMILES string of the molecule is CCNc1nc2cc(Cl)c(C#CC3CC3)cc2nc1NCC. The maximum Gasteiger partial charge on any atom is 0.169 e. The average Bonchev–Trinajstić information content (AvgIpc) is 3.31. The monoisotopic (exact) mass is 314 g/mol. The molecule has 0 bridgehead atoms. The van der Waals surface area contributed by atoms with E-state index in [1.165, 1.54) is 12.8 Å². The zero-order valence-electron chi connectivity index (χ0n) is 12.8. The Hall–Kier alpha value is -1.99. The summed E-state index contributed by atoms with van der Waals surface area (Å²) in [6.07, 6.45) is 2.41. The van der Waals surface area contributed by atoms with Crippen molar-refractivity contribution in [3.05, 3.63) is 22.7 Å². The molecule has 1 fully saturated rings. The van der Waals surface area contributed by atoms with Gasteiger partial charge in [0.25, 0.3) is 0 Å². The Kier molecular flexibility index (Phi) is 4.35. The zero-order chi connectivity index (χ0) is 15.5. The van der Waals surface area contributed by atoms with E-state index in [1.54, 1.807) is 0 Å². The second-order valence-electron chi connectivity index (χ2n) is 5.35. The van der Waals surface area contributed by atoms with Gasteiger partial charge < -0.3 is 10.6 Å². The number of anilines is 2. The molecule has 1 aliphatic rings. The van der Waals surface area contributed by atoms with Gasteiger partial charge in [0.05, 0.1) is 16.1 Å². The van der Waals surface area contributed by atoms with E-state index in [1.807, 2.05) is 26.0 Å². The van der Waals surface area contributed by atoms with Gasteiger partial charge >= 0.3 is 0 Å². The Balaban J connectivity index is 2.06. The Bertz CT molecular complexity index is 757. The van der Waals surface area contributed by atoms with Gasteiger partial charge in [-0.25, -0.2) is 9.97 Å². The highest BCUT2D eigenvalue weighted by Crippen LogP contribution is 2.29. The van der Waals surface area contributed by atoms with Crippen LogP contribution in [0.4, 0.5) is 11.6 Å². The van der Waals surface area contributed by atoms with Crippen LogP contribution in [0.5, 0.6) is 0 Å². The first-order valence-electron chi connectivity index (χ1n) is 7.71. The largest absolute Gasteiger partial charge is 0.367 e. The van der Waals surface area contributed by atoms with Crippen LogP contribution >= 0.6 is 11.6 Å². The fourth-order valence-corrected chi connectivity index (χ4v) is 2.37. The van der Waals surface area contributed by atoms with E-state index >= 15 is 0 Å². The fraction of sp³-hybridized carbons (Fsp3) is 0.412. The van der Waals surface area contributed by atoms with Crippen molar-refractivity contribution < 1.29 is 0 Å². The fourth-order valence-electron chi connectivity index (χ4n) is 2.16. The average molecular weight is 315 g/mol. The van der Waals surface area contributed by atoms with Gasteiger partial charge in [-0.05, 0) is 38.8 Å². The number of fused-ring (bicyclic) bond motifs is 1. The maximum atomic E-state index is 6.33. The van der Waals surface area contributed by atoms with Crippen molar-refractivity contribution in [2.45, 2.75) is 26.7 Å². The van der Waals surface area contributed by atoms with Crippen molar-refractivity contribution in [2.24, 2.45) is 5.92 Å². The lowest BCUT2D eigenvalue weighted by atomic mass is 10.2. The van der Waals surface area contributed by atoms with Crippen LogP contribution in [0.2, 0.25) is 5.02 Å². The van der Waals surface area contributed by atoms with Gasteiger partial charge in [0.1, 0.15) is 0 Å². The number of hydrogen-bond donors (Lipinski definition) is 2. The molecule has 0 saturated heterocycles. The summed E-state index contributed by atoms with van der Waals surface area (Å²) in [5.41, 5.74) is 2.41. The van der Waals surface area contributed by atoms with Crippen molar-refractivity contribution >= 4 is 34.3 Å². The second-order valence-corrected chi connectivity index (χ2v) is 5.75. The van der Waals surface area contributed by atoms with Crippen LogP contribution in [0.1, 0.15) is 32.3 Å². The van der Waals surface area contributed by atoms with Gasteiger partial charge in [0.2, 0.25) is 0 Å². The molecule has 2 aromatic rings. The van der Waals surface area contributed by atoms with Crippen LogP contribution in [0.3, 0.4) is 0 Å². The lowest BCUT2D eigenvalue weighted by molar-refractivity contribution is 1.12. The molecule has 0 aliphatic heterocycles. The number of benzene rings is 1. The lowest BCUT2D eigenvalue weighted by Crippen LogP contribution is -2.08. The number of nitrogens with zero attached hydrogens (tertiary/aromatic N) is 2. The molecule has 1 aromatic heterocycles. The van der Waals surface area contributed by atoms with Crippen molar-refractivity contribution in [1.82, 2.24) is 9.97 Å². The summed E-state index contributed by atoms with van der Waals surface area (Å²) in [4.78, 5) is 9.29. The van der Waals surface area contributed by atoms with Gasteiger partial charge in [-0.1, -0.05) is 23.4 Å². The summed E-state index contributed by atoms with van der Waals surface area (Å²) in [6, 6.07) is 3.77. The van der Waals surface area contributed by atoms with Crippen LogP contribution in [-0.2, 0) is 0 Å². The quantitative estimate of drug-likeness (QED) is 0.840. The van der Waals surface area contributed by atoms with Crippen LogP contribution in [0.15, 0.2) is 12.1 Å². The molecule has 0 atom stereocenters. The third kappa shape index (κ3) is 3.26. The van der Waals surface area contributed by atoms with E-state index in [2.05, 4.69) is 32.4 Å². The summed E-state index contributed by atoms with van der Waals surface area (Å²) in [5.74, 6) is 8.48. The molecule has 1 aliphatic carbocycles. The molecule has 1 aromatic carbocycles. The molecule has 0 unspecified atom stereocenters. The maximum absolute atomic E-state index is 6.33. The number of rotatable bonds is 4. The van der Waals surface area contributed by atoms with Crippen molar-refractivity contribution in [1.29, 1.82) is 0 Å². The Morgan fingerprint density at radius 1 is 1.09 bits per heavy atom. The lowest BCUT2D eigenvalue weighted by Gasteiger charge is -2.11. The van der Waals surface area contributed by atoms with E-state index in [9.17, 15) is 0 Å². The molecule has 0 radical (unpaired) electrons. The summed E-state index contributed by atoms with van der Waals surface area (Å²) < 4.78 is 0. The highest BCUT2D eigenvalue weighted by molar-refractivity contribution is 6.32. The molecule has 22 heavy (non-hydrogen) atoms. The minimum atomic E-state index is 0.547. The predicted octanol–water partition coefficient (Wildman–Crippen LogP) is 3.91. The molecule has 1 saturated carbocycles. The molecule has 1 heterocycles. The molecular formula is C17H19ClN4. The Labute approximate surface area is 135 Å². The van der Waals surface area contributed by atoms with Crippen LogP contribution in [0.25, 0.3) is 11.0 Å². The summed E-state index contributed by atoms with van der Waals surface area (Å²) in [5, 5.41) is 7.10. The standard InChI is InChI=1S/C17H19ClN4/c1-3-19-16-17(20-4-2)22-15-10-13(18)12(9-14(15)21-16)8-7-11-5-6-11/h9-11H,3-6H2,1-2H3,(H,19,21)(H,20,22). The molecule has 4 nitrogen and oxygen atoms in total. The van der Waals surface area contributed by atoms with Crippen LogP contribution < -0.4 is 10.6 Å². The number of aromatic nitrogens is 2. The summed E-state index contributed by atoms with van der Waals surface area (Å²) in [6.45, 7) is 5.65. The summed E-state index contributed by atoms with van der Waals surface area (Å²) >= 11 is 6.33. The van der Waals surface area contributed by atoms with Gasteiger partial charge in [-0.3, -0.25) is 0 Å². The highest BCUT2D eigenvalue weighted by atomic mass is 35.5. The second kappa shape index (κ2) is 6.41. The normalized spacial score (nSPS) is 13.6. The molecule has 114 valence electrons. The first kappa shape index (κ1) is 14.9. The van der Waals surface area contributed by atoms with Crippen molar-refractivity contribution in [3.8, 4) is 11.8 Å². The smallest absolute Gasteiger partial charge is 0.169 e. The van der Waals surface area contributed by atoms with E-state index in [0.717, 1.165) is 41.3 Å². The first-order valence-corrected chi connectivity index (χ1v) is 8.09. The van der Waals surface area contributed by atoms with E-state index in [0.29, 0.717) is 10.9 Å². The van der Waals surface area contributed by atoms with Crippen molar-refractivity contribution in [2.75, 3.05) is 23.7 Å². The molecule has 3 rings (SSSR count). The van der Waals surface area contributed by atoms with Gasteiger partial charge in [-0.2, -0.15) is 0 Å². The summed E-state index contributed by atoms with van der Waals surface area (Å²) in [7, 11) is 0. The van der Waals surface area contributed by atoms with Gasteiger partial charge in [0, 0.05) is 24.6 Å². The topological polar surface area (TPSA) is 49.8 Å². The Morgan fingerprint density at radius 2 is 1.68 bits per heavy atom. The number of nitrogens with one attached hydrogen (secondary N) is 2. The highest BCUT2D eigenvalue weighted by Gasteiger charge is 2.18. The van der Waals surface area contributed by atoms with Crippen LogP contribution in [0, 0.1) is 17.8 Å². The molecule has 2 N–H and O–H groups in total. The number of halogens is 1. The minimum absolute atomic E-state index is 0.547. The van der Waals surface area contributed by atoms with E-state index in [4.69, 9.17) is 11.6 Å². The third-order valence-corrected chi connectivity index (χ3v) is 3.74.